The van der Waals surface area contributed by atoms with Crippen molar-refractivity contribution in [1.82, 2.24) is 0 Å². The van der Waals surface area contributed by atoms with Crippen molar-refractivity contribution in [1.29, 1.82) is 0 Å². The SMILES string of the molecule is C[CH]O[SH](=O)=O. The molecule has 0 bridgehead atoms. The second-order valence-corrected chi connectivity index (χ2v) is 1.22. The summed E-state index contributed by atoms with van der Waals surface area (Å²) in [6.07, 6.45) is 0. The first-order valence-electron chi connectivity index (χ1n) is 1.36. The molecule has 6 heavy (non-hydrogen) atoms. The summed E-state index contributed by atoms with van der Waals surface area (Å²) in [4.78, 5) is 0. The van der Waals surface area contributed by atoms with Crippen LogP contribution in [0.2, 0.25) is 0 Å². The van der Waals surface area contributed by atoms with Gasteiger partial charge in [0.1, 0.15) is 6.61 Å². The molecule has 0 fully saturated rings. The van der Waals surface area contributed by atoms with Gasteiger partial charge < -0.3 is 0 Å². The van der Waals surface area contributed by atoms with Gasteiger partial charge in [0.2, 0.25) is 0 Å². The smallest absolute Gasteiger partial charge is 0.257 e. The van der Waals surface area contributed by atoms with Gasteiger partial charge >= 0.3 is 0 Å². The topological polar surface area (TPSA) is 43.4 Å². The molecule has 0 aliphatic rings. The molecule has 0 aliphatic heterocycles. The molecule has 0 rings (SSSR count). The lowest BCUT2D eigenvalue weighted by Crippen LogP contribution is -1.76. The maximum Gasteiger partial charge on any atom is 0.257 e. The summed E-state index contributed by atoms with van der Waals surface area (Å²) in [5.41, 5.74) is 0. The van der Waals surface area contributed by atoms with Crippen LogP contribution in [-0.4, -0.2) is 8.42 Å². The molecule has 0 spiro atoms. The van der Waals surface area contributed by atoms with Gasteiger partial charge in [-0.3, -0.25) is 4.18 Å². The first-order chi connectivity index (χ1) is 2.77. The predicted octanol–water partition coefficient (Wildman–Crippen LogP) is -0.289. The van der Waals surface area contributed by atoms with Gasteiger partial charge in [-0.05, 0) is 6.92 Å². The summed E-state index contributed by atoms with van der Waals surface area (Å²) in [7, 11) is -2.66. The zero-order valence-electron chi connectivity index (χ0n) is 3.25. The van der Waals surface area contributed by atoms with Gasteiger partial charge in [0, 0.05) is 0 Å². The van der Waals surface area contributed by atoms with E-state index in [1.807, 2.05) is 0 Å². The minimum absolute atomic E-state index is 1.10. The van der Waals surface area contributed by atoms with E-state index < -0.39 is 11.0 Å². The van der Waals surface area contributed by atoms with Crippen LogP contribution in [0.5, 0.6) is 0 Å². The third-order valence-corrected chi connectivity index (χ3v) is 0.574. The molecule has 0 amide bonds. The fourth-order valence-corrected chi connectivity index (χ4v) is 0.258. The predicted molar refractivity (Wildman–Crippen MR) is 21.4 cm³/mol. The third-order valence-electron chi connectivity index (χ3n) is 0.191. The summed E-state index contributed by atoms with van der Waals surface area (Å²) >= 11 is 0. The summed E-state index contributed by atoms with van der Waals surface area (Å²) < 4.78 is 22.6. The van der Waals surface area contributed by atoms with Crippen LogP contribution in [0.15, 0.2) is 0 Å². The van der Waals surface area contributed by atoms with Crippen molar-refractivity contribution in [2.75, 3.05) is 0 Å². The van der Waals surface area contributed by atoms with Gasteiger partial charge in [0.25, 0.3) is 11.0 Å². The molecular weight excluding hydrogens is 104 g/mol. The number of thiol groups is 1. The molecule has 1 radical (unpaired) electrons. The largest absolute Gasteiger partial charge is 0.266 e. The standard InChI is InChI=1S/C2H5O3S/c1-2-5-6(3)4/h2,6H,1H3. The average Bonchev–Trinajstić information content (AvgIpc) is 1.35. The Morgan fingerprint density at radius 3 is 2.17 bits per heavy atom. The van der Waals surface area contributed by atoms with E-state index in [-0.39, 0.29) is 0 Å². The van der Waals surface area contributed by atoms with Crippen molar-refractivity contribution in [3.05, 3.63) is 6.61 Å². The minimum Gasteiger partial charge on any atom is -0.266 e. The summed E-state index contributed by atoms with van der Waals surface area (Å²) in [6, 6.07) is 0. The van der Waals surface area contributed by atoms with E-state index in [1.165, 1.54) is 6.92 Å². The zero-order valence-corrected chi connectivity index (χ0v) is 4.14. The Morgan fingerprint density at radius 1 is 1.67 bits per heavy atom. The van der Waals surface area contributed by atoms with E-state index >= 15 is 0 Å². The quantitative estimate of drug-likeness (QED) is 0.495. The number of hydrogen-bond donors (Lipinski definition) is 1. The van der Waals surface area contributed by atoms with Crippen LogP contribution >= 0.6 is 0 Å². The first-order valence-corrected chi connectivity index (χ1v) is 2.46. The van der Waals surface area contributed by atoms with Crippen molar-refractivity contribution in [3.63, 3.8) is 0 Å². The maximum atomic E-state index is 9.38. The molecule has 3 nitrogen and oxygen atoms in total. The van der Waals surface area contributed by atoms with Crippen molar-refractivity contribution in [2.24, 2.45) is 0 Å². The van der Waals surface area contributed by atoms with Gasteiger partial charge in [0.05, 0.1) is 0 Å². The molecule has 0 atom stereocenters. The molecule has 0 aliphatic carbocycles. The van der Waals surface area contributed by atoms with Crippen molar-refractivity contribution in [3.8, 4) is 0 Å². The summed E-state index contributed by atoms with van der Waals surface area (Å²) in [5, 5.41) is 0. The van der Waals surface area contributed by atoms with Crippen LogP contribution < -0.4 is 0 Å². The Morgan fingerprint density at radius 2 is 2.17 bits per heavy atom. The molecule has 0 saturated heterocycles. The average molecular weight is 109 g/mol. The lowest BCUT2D eigenvalue weighted by atomic mass is 10.9. The zero-order chi connectivity index (χ0) is 4.99. The Balaban J connectivity index is 3.07. The molecular formula is C2H5O3S. The Hall–Kier alpha value is -0.0900. The highest BCUT2D eigenvalue weighted by Gasteiger charge is 1.73. The van der Waals surface area contributed by atoms with Crippen molar-refractivity contribution >= 4 is 11.0 Å². The summed E-state index contributed by atoms with van der Waals surface area (Å²) in [5.74, 6) is 0. The van der Waals surface area contributed by atoms with Gasteiger partial charge in [-0.15, -0.1) is 0 Å². The molecule has 0 heterocycles. The third kappa shape index (κ3) is 3.91. The van der Waals surface area contributed by atoms with Crippen LogP contribution in [-0.2, 0) is 15.2 Å². The highest BCUT2D eigenvalue weighted by molar-refractivity contribution is 7.67. The molecule has 0 N–H and O–H groups in total. The second-order valence-electron chi connectivity index (χ2n) is 0.565. The number of rotatable bonds is 2. The molecule has 0 saturated carbocycles. The second kappa shape index (κ2) is 3.11. The normalized spacial score (nSPS) is 9.67. The fourth-order valence-electron chi connectivity index (χ4n) is 0.0861. The highest BCUT2D eigenvalue weighted by Crippen LogP contribution is 1.73. The molecule has 37 valence electrons. The van der Waals surface area contributed by atoms with E-state index in [4.69, 9.17) is 0 Å². The van der Waals surface area contributed by atoms with Crippen molar-refractivity contribution < 1.29 is 12.6 Å². The van der Waals surface area contributed by atoms with Gasteiger partial charge in [-0.1, -0.05) is 0 Å². The number of hydrogen-bond acceptors (Lipinski definition) is 3. The molecule has 0 aromatic rings. The van der Waals surface area contributed by atoms with Gasteiger partial charge in [0.15, 0.2) is 0 Å². The van der Waals surface area contributed by atoms with Gasteiger partial charge in [-0.25, -0.2) is 8.42 Å². The van der Waals surface area contributed by atoms with E-state index in [0.717, 1.165) is 6.61 Å². The van der Waals surface area contributed by atoms with Crippen LogP contribution in [0.4, 0.5) is 0 Å². The van der Waals surface area contributed by atoms with Crippen LogP contribution in [0.3, 0.4) is 0 Å². The lowest BCUT2D eigenvalue weighted by Gasteiger charge is -1.76. The van der Waals surface area contributed by atoms with E-state index in [1.54, 1.807) is 0 Å². The molecule has 0 aromatic heterocycles. The highest BCUT2D eigenvalue weighted by atomic mass is 32.2. The molecule has 4 heteroatoms. The Kier molecular flexibility index (Phi) is 3.07. The van der Waals surface area contributed by atoms with Crippen LogP contribution in [0.25, 0.3) is 0 Å². The minimum atomic E-state index is -2.66. The summed E-state index contributed by atoms with van der Waals surface area (Å²) in [6.45, 7) is 2.59. The van der Waals surface area contributed by atoms with Crippen molar-refractivity contribution in [2.45, 2.75) is 6.92 Å². The van der Waals surface area contributed by atoms with E-state index in [2.05, 4.69) is 4.18 Å². The molecule has 0 aromatic carbocycles. The van der Waals surface area contributed by atoms with E-state index in [0.29, 0.717) is 0 Å². The maximum absolute atomic E-state index is 9.38. The monoisotopic (exact) mass is 109 g/mol. The van der Waals surface area contributed by atoms with Crippen LogP contribution in [0, 0.1) is 6.61 Å². The van der Waals surface area contributed by atoms with Gasteiger partial charge in [-0.2, -0.15) is 0 Å². The fraction of sp³-hybridized carbons (Fsp3) is 0.500. The van der Waals surface area contributed by atoms with E-state index in [9.17, 15) is 8.42 Å². The Labute approximate surface area is 38.1 Å². The first kappa shape index (κ1) is 5.91. The molecule has 0 unspecified atom stereocenters. The Bertz CT molecular complexity index is 76.8. The lowest BCUT2D eigenvalue weighted by molar-refractivity contribution is 0.420. The van der Waals surface area contributed by atoms with Crippen LogP contribution in [0.1, 0.15) is 6.92 Å².